The molecule has 5 heteroatoms. The number of rotatable bonds is 2. The highest BCUT2D eigenvalue weighted by Gasteiger charge is 2.21. The summed E-state index contributed by atoms with van der Waals surface area (Å²) in [7, 11) is 0. The van der Waals surface area contributed by atoms with Crippen molar-refractivity contribution in [3.63, 3.8) is 0 Å². The third kappa shape index (κ3) is 2.78. The highest BCUT2D eigenvalue weighted by atomic mass is 35.5. The fourth-order valence-electron chi connectivity index (χ4n) is 3.11. The Hall–Kier alpha value is -2.33. The van der Waals surface area contributed by atoms with Crippen LogP contribution in [0.3, 0.4) is 0 Å². The molecule has 4 rings (SSSR count). The molecule has 1 aromatic heterocycles. The molecule has 0 bridgehead atoms. The van der Waals surface area contributed by atoms with E-state index in [0.717, 1.165) is 48.6 Å². The normalized spacial score (nSPS) is 13.9. The minimum Gasteiger partial charge on any atom is -0.370 e. The monoisotopic (exact) mass is 341 g/mol. The summed E-state index contributed by atoms with van der Waals surface area (Å²) in [5.74, 6) is 0.756. The number of anilines is 1. The van der Waals surface area contributed by atoms with Crippen LogP contribution in [0.2, 0.25) is 5.02 Å². The van der Waals surface area contributed by atoms with Gasteiger partial charge >= 0.3 is 0 Å². The lowest BCUT2D eigenvalue weighted by Crippen LogP contribution is -2.07. The van der Waals surface area contributed by atoms with Crippen molar-refractivity contribution < 1.29 is 4.39 Å². The quantitative estimate of drug-likeness (QED) is 0.704. The summed E-state index contributed by atoms with van der Waals surface area (Å²) in [6.07, 6.45) is 3.22. The summed E-state index contributed by atoms with van der Waals surface area (Å²) in [5.41, 5.74) is 4.06. The average molecular weight is 342 g/mol. The first-order valence-corrected chi connectivity index (χ1v) is 8.48. The first-order valence-electron chi connectivity index (χ1n) is 8.10. The van der Waals surface area contributed by atoms with Gasteiger partial charge in [0.25, 0.3) is 0 Å². The Morgan fingerprint density at radius 1 is 1.00 bits per heavy atom. The molecular weight excluding hydrogens is 325 g/mol. The van der Waals surface area contributed by atoms with Gasteiger partial charge in [0.1, 0.15) is 11.6 Å². The summed E-state index contributed by atoms with van der Waals surface area (Å²) in [6.45, 7) is 0.917. The molecule has 122 valence electrons. The van der Waals surface area contributed by atoms with Crippen molar-refractivity contribution in [2.45, 2.75) is 19.3 Å². The number of aromatic nitrogens is 2. The van der Waals surface area contributed by atoms with Crippen molar-refractivity contribution in [2.24, 2.45) is 0 Å². The lowest BCUT2D eigenvalue weighted by Gasteiger charge is -2.09. The second-order valence-corrected chi connectivity index (χ2v) is 6.39. The molecule has 1 N–H and O–H groups in total. The molecule has 24 heavy (non-hydrogen) atoms. The fraction of sp³-hybridized carbons (Fsp3) is 0.211. The molecule has 0 aliphatic carbocycles. The van der Waals surface area contributed by atoms with Crippen LogP contribution in [-0.4, -0.2) is 16.3 Å². The molecule has 1 aliphatic rings. The molecule has 3 nitrogen and oxygen atoms in total. The Morgan fingerprint density at radius 2 is 1.75 bits per heavy atom. The maximum atomic E-state index is 13.3. The van der Waals surface area contributed by atoms with Crippen LogP contribution in [0.5, 0.6) is 0 Å². The van der Waals surface area contributed by atoms with E-state index < -0.39 is 0 Å². The van der Waals surface area contributed by atoms with Crippen LogP contribution in [0, 0.1) is 5.82 Å². The molecule has 2 heterocycles. The predicted molar refractivity (Wildman–Crippen MR) is 95.4 cm³/mol. The van der Waals surface area contributed by atoms with Gasteiger partial charge < -0.3 is 5.32 Å². The molecule has 0 fully saturated rings. The first kappa shape index (κ1) is 15.2. The molecule has 0 radical (unpaired) electrons. The van der Waals surface area contributed by atoms with Gasteiger partial charge in [-0.05, 0) is 55.7 Å². The van der Waals surface area contributed by atoms with Crippen molar-refractivity contribution in [3.8, 4) is 16.9 Å². The van der Waals surface area contributed by atoms with Crippen molar-refractivity contribution in [1.82, 2.24) is 9.78 Å². The molecule has 0 amide bonds. The number of hydrogen-bond acceptors (Lipinski definition) is 2. The molecule has 3 aromatic rings. The van der Waals surface area contributed by atoms with Gasteiger partial charge in [-0.3, -0.25) is 0 Å². The Bertz CT molecular complexity index is 784. The lowest BCUT2D eigenvalue weighted by molar-refractivity contribution is 0.627. The SMILES string of the molecule is Fc1ccc(-n2nc(-c3ccc(Cl)cc3)c3c2NCCCC3)cc1. The number of benzene rings is 2. The van der Waals surface area contributed by atoms with Gasteiger partial charge in [-0.2, -0.15) is 5.10 Å². The van der Waals surface area contributed by atoms with Gasteiger partial charge in [0.15, 0.2) is 0 Å². The maximum absolute atomic E-state index is 13.3. The van der Waals surface area contributed by atoms with Crippen LogP contribution in [0.1, 0.15) is 18.4 Å². The van der Waals surface area contributed by atoms with Gasteiger partial charge in [-0.1, -0.05) is 23.7 Å². The van der Waals surface area contributed by atoms with Crippen LogP contribution < -0.4 is 5.32 Å². The molecule has 2 aromatic carbocycles. The molecule has 0 saturated carbocycles. The molecule has 0 atom stereocenters. The van der Waals surface area contributed by atoms with E-state index in [4.69, 9.17) is 16.7 Å². The van der Waals surface area contributed by atoms with Crippen molar-refractivity contribution in [1.29, 1.82) is 0 Å². The largest absolute Gasteiger partial charge is 0.370 e. The van der Waals surface area contributed by atoms with E-state index in [2.05, 4.69) is 5.32 Å². The predicted octanol–water partition coefficient (Wildman–Crippen LogP) is 5.08. The Kier molecular flexibility index (Phi) is 3.98. The molecule has 0 unspecified atom stereocenters. The molecular formula is C19H17ClFN3. The van der Waals surface area contributed by atoms with Crippen LogP contribution in [0.25, 0.3) is 16.9 Å². The zero-order valence-electron chi connectivity index (χ0n) is 13.1. The summed E-state index contributed by atoms with van der Waals surface area (Å²) in [6, 6.07) is 14.2. The smallest absolute Gasteiger partial charge is 0.133 e. The number of hydrogen-bond donors (Lipinski definition) is 1. The number of nitrogens with one attached hydrogen (secondary N) is 1. The Labute approximate surface area is 145 Å². The van der Waals surface area contributed by atoms with Gasteiger partial charge in [0.05, 0.1) is 11.4 Å². The summed E-state index contributed by atoms with van der Waals surface area (Å²) in [5, 5.41) is 9.02. The number of fused-ring (bicyclic) bond motifs is 1. The van der Waals surface area contributed by atoms with Crippen LogP contribution in [0.4, 0.5) is 10.2 Å². The highest BCUT2D eigenvalue weighted by Crippen LogP contribution is 2.34. The van der Waals surface area contributed by atoms with E-state index in [9.17, 15) is 4.39 Å². The third-order valence-electron chi connectivity index (χ3n) is 4.32. The summed E-state index contributed by atoms with van der Waals surface area (Å²) in [4.78, 5) is 0. The number of nitrogens with zero attached hydrogens (tertiary/aromatic N) is 2. The average Bonchev–Trinajstić information content (AvgIpc) is 2.78. The van der Waals surface area contributed by atoms with Crippen LogP contribution in [0.15, 0.2) is 48.5 Å². The highest BCUT2D eigenvalue weighted by molar-refractivity contribution is 6.30. The van der Waals surface area contributed by atoms with Gasteiger partial charge in [0, 0.05) is 22.7 Å². The maximum Gasteiger partial charge on any atom is 0.133 e. The number of halogens is 2. The van der Waals surface area contributed by atoms with E-state index in [1.54, 1.807) is 12.1 Å². The van der Waals surface area contributed by atoms with Gasteiger partial charge in [0.2, 0.25) is 0 Å². The summed E-state index contributed by atoms with van der Waals surface area (Å²) >= 11 is 6.01. The Balaban J connectivity index is 1.88. The van der Waals surface area contributed by atoms with Crippen LogP contribution in [-0.2, 0) is 6.42 Å². The Morgan fingerprint density at radius 3 is 2.50 bits per heavy atom. The zero-order chi connectivity index (χ0) is 16.5. The van der Waals surface area contributed by atoms with E-state index >= 15 is 0 Å². The van der Waals surface area contributed by atoms with Crippen molar-refractivity contribution in [2.75, 3.05) is 11.9 Å². The molecule has 0 saturated heterocycles. The molecule has 1 aliphatic heterocycles. The minimum absolute atomic E-state index is 0.247. The second kappa shape index (κ2) is 6.29. The van der Waals surface area contributed by atoms with E-state index in [1.807, 2.05) is 28.9 Å². The zero-order valence-corrected chi connectivity index (χ0v) is 13.9. The van der Waals surface area contributed by atoms with Crippen LogP contribution >= 0.6 is 11.6 Å². The fourth-order valence-corrected chi connectivity index (χ4v) is 3.24. The van der Waals surface area contributed by atoms with Crippen molar-refractivity contribution in [3.05, 3.63) is 64.9 Å². The first-order chi connectivity index (χ1) is 11.7. The van der Waals surface area contributed by atoms with Gasteiger partial charge in [-0.25, -0.2) is 9.07 Å². The van der Waals surface area contributed by atoms with E-state index in [1.165, 1.54) is 17.7 Å². The van der Waals surface area contributed by atoms with Crippen molar-refractivity contribution >= 4 is 17.4 Å². The van der Waals surface area contributed by atoms with Gasteiger partial charge in [-0.15, -0.1) is 0 Å². The molecule has 0 spiro atoms. The third-order valence-corrected chi connectivity index (χ3v) is 4.57. The lowest BCUT2D eigenvalue weighted by atomic mass is 10.0. The summed E-state index contributed by atoms with van der Waals surface area (Å²) < 4.78 is 15.1. The minimum atomic E-state index is -0.247. The second-order valence-electron chi connectivity index (χ2n) is 5.95. The standard InChI is InChI=1S/C19H17ClFN3/c20-14-6-4-13(5-7-14)18-17-3-1-2-12-22-19(17)24(23-18)16-10-8-15(21)9-11-16/h4-11,22H,1-3,12H2. The van der Waals surface area contributed by atoms with E-state index in [-0.39, 0.29) is 5.82 Å². The van der Waals surface area contributed by atoms with E-state index in [0.29, 0.717) is 5.02 Å². The topological polar surface area (TPSA) is 29.9 Å².